The first-order chi connectivity index (χ1) is 5.70. The molecule has 0 saturated carbocycles. The molecule has 0 atom stereocenters. The monoisotopic (exact) mass is 168 g/mol. The zero-order chi connectivity index (χ0) is 8.97. The third kappa shape index (κ3) is 2.84. The van der Waals surface area contributed by atoms with Crippen molar-refractivity contribution in [2.24, 2.45) is 5.92 Å². The summed E-state index contributed by atoms with van der Waals surface area (Å²) in [6.07, 6.45) is 4.72. The first kappa shape index (κ1) is 9.56. The molecule has 1 N–H and O–H groups in total. The van der Waals surface area contributed by atoms with Gasteiger partial charge in [-0.15, -0.1) is 0 Å². The van der Waals surface area contributed by atoms with Crippen LogP contribution >= 0.6 is 0 Å². The third-order valence-corrected chi connectivity index (χ3v) is 2.45. The molecule has 1 aliphatic rings. The molecule has 1 fully saturated rings. The van der Waals surface area contributed by atoms with Crippen molar-refractivity contribution in [2.75, 3.05) is 13.1 Å². The fraction of sp³-hybridized carbons (Fsp3) is 0.900. The molecule has 2 nitrogen and oxygen atoms in total. The molecule has 1 rings (SSSR count). The average molecular weight is 168 g/mol. The fourth-order valence-electron chi connectivity index (χ4n) is 1.55. The average Bonchev–Trinajstić information content (AvgIpc) is 2.03. The molecule has 0 aromatic heterocycles. The van der Waals surface area contributed by atoms with Crippen molar-refractivity contribution >= 4 is 5.84 Å². The molecule has 12 heavy (non-hydrogen) atoms. The van der Waals surface area contributed by atoms with Crippen LogP contribution in [0.25, 0.3) is 0 Å². The summed E-state index contributed by atoms with van der Waals surface area (Å²) in [7, 11) is 0. The van der Waals surface area contributed by atoms with E-state index in [4.69, 9.17) is 5.41 Å². The lowest BCUT2D eigenvalue weighted by atomic mass is 10.1. The van der Waals surface area contributed by atoms with Crippen molar-refractivity contribution < 1.29 is 0 Å². The Bertz CT molecular complexity index is 152. The van der Waals surface area contributed by atoms with Crippen molar-refractivity contribution in [2.45, 2.75) is 39.5 Å². The Morgan fingerprint density at radius 3 is 2.75 bits per heavy atom. The van der Waals surface area contributed by atoms with E-state index >= 15 is 0 Å². The Morgan fingerprint density at radius 1 is 1.42 bits per heavy atom. The minimum Gasteiger partial charge on any atom is -0.361 e. The molecule has 0 spiro atoms. The van der Waals surface area contributed by atoms with Gasteiger partial charge in [-0.05, 0) is 25.2 Å². The Balaban J connectivity index is 2.25. The number of piperidine rings is 1. The van der Waals surface area contributed by atoms with Crippen LogP contribution in [-0.4, -0.2) is 23.8 Å². The van der Waals surface area contributed by atoms with Gasteiger partial charge in [0, 0.05) is 19.5 Å². The van der Waals surface area contributed by atoms with Gasteiger partial charge in [0.25, 0.3) is 0 Å². The van der Waals surface area contributed by atoms with Crippen LogP contribution in [0.1, 0.15) is 39.5 Å². The molecule has 0 radical (unpaired) electrons. The smallest absolute Gasteiger partial charge is 0.0957 e. The molecule has 0 unspecified atom stereocenters. The SMILES string of the molecule is CC(C)CCN1CCCCC1=N. The van der Waals surface area contributed by atoms with E-state index in [-0.39, 0.29) is 0 Å². The van der Waals surface area contributed by atoms with E-state index in [2.05, 4.69) is 18.7 Å². The third-order valence-electron chi connectivity index (χ3n) is 2.45. The second kappa shape index (κ2) is 4.48. The summed E-state index contributed by atoms with van der Waals surface area (Å²) in [5.74, 6) is 1.63. The molecule has 1 aliphatic heterocycles. The van der Waals surface area contributed by atoms with Crippen LogP contribution in [-0.2, 0) is 0 Å². The molecule has 1 heterocycles. The van der Waals surface area contributed by atoms with Gasteiger partial charge in [-0.2, -0.15) is 0 Å². The summed E-state index contributed by atoms with van der Waals surface area (Å²) >= 11 is 0. The normalized spacial score (nSPS) is 18.9. The minimum absolute atomic E-state index is 0.764. The lowest BCUT2D eigenvalue weighted by molar-refractivity contribution is 0.342. The lowest BCUT2D eigenvalue weighted by Gasteiger charge is -2.29. The number of hydrogen-bond acceptors (Lipinski definition) is 1. The van der Waals surface area contributed by atoms with Gasteiger partial charge < -0.3 is 4.90 Å². The molecule has 0 bridgehead atoms. The summed E-state index contributed by atoms with van der Waals surface area (Å²) in [5.41, 5.74) is 0. The molecular weight excluding hydrogens is 148 g/mol. The molecule has 70 valence electrons. The summed E-state index contributed by atoms with van der Waals surface area (Å²) in [5, 5.41) is 7.72. The largest absolute Gasteiger partial charge is 0.361 e. The molecule has 2 heteroatoms. The van der Waals surface area contributed by atoms with E-state index in [1.807, 2.05) is 0 Å². The van der Waals surface area contributed by atoms with E-state index in [9.17, 15) is 0 Å². The van der Waals surface area contributed by atoms with Crippen LogP contribution in [0, 0.1) is 11.3 Å². The lowest BCUT2D eigenvalue weighted by Crippen LogP contribution is -2.35. The van der Waals surface area contributed by atoms with Gasteiger partial charge in [0.15, 0.2) is 0 Å². The number of hydrogen-bond donors (Lipinski definition) is 1. The van der Waals surface area contributed by atoms with Gasteiger partial charge in [0.2, 0.25) is 0 Å². The van der Waals surface area contributed by atoms with Crippen molar-refractivity contribution in [3.8, 4) is 0 Å². The molecule has 0 amide bonds. The van der Waals surface area contributed by atoms with Gasteiger partial charge in [-0.1, -0.05) is 13.8 Å². The molecule has 0 aliphatic carbocycles. The second-order valence-electron chi connectivity index (χ2n) is 4.07. The van der Waals surface area contributed by atoms with Crippen LogP contribution in [0.3, 0.4) is 0 Å². The summed E-state index contributed by atoms with van der Waals surface area (Å²) in [4.78, 5) is 2.24. The number of likely N-dealkylation sites (tertiary alicyclic amines) is 1. The van der Waals surface area contributed by atoms with Gasteiger partial charge in [-0.3, -0.25) is 5.41 Å². The number of nitrogens with one attached hydrogen (secondary N) is 1. The first-order valence-electron chi connectivity index (χ1n) is 5.02. The Morgan fingerprint density at radius 2 is 2.17 bits per heavy atom. The van der Waals surface area contributed by atoms with E-state index in [1.54, 1.807) is 0 Å². The summed E-state index contributed by atoms with van der Waals surface area (Å²) in [6.45, 7) is 6.70. The van der Waals surface area contributed by atoms with Crippen LogP contribution in [0.4, 0.5) is 0 Å². The molecule has 1 saturated heterocycles. The predicted molar refractivity (Wildman–Crippen MR) is 52.6 cm³/mol. The Kier molecular flexibility index (Phi) is 3.57. The highest BCUT2D eigenvalue weighted by Crippen LogP contribution is 2.12. The van der Waals surface area contributed by atoms with E-state index < -0.39 is 0 Å². The highest BCUT2D eigenvalue weighted by Gasteiger charge is 2.13. The van der Waals surface area contributed by atoms with Gasteiger partial charge in [-0.25, -0.2) is 0 Å². The van der Waals surface area contributed by atoms with Crippen LogP contribution in [0.2, 0.25) is 0 Å². The van der Waals surface area contributed by atoms with Crippen LogP contribution < -0.4 is 0 Å². The maximum atomic E-state index is 7.72. The maximum Gasteiger partial charge on any atom is 0.0957 e. The van der Waals surface area contributed by atoms with Crippen molar-refractivity contribution in [1.82, 2.24) is 4.90 Å². The quantitative estimate of drug-likeness (QED) is 0.688. The number of rotatable bonds is 3. The number of nitrogens with zero attached hydrogens (tertiary/aromatic N) is 1. The predicted octanol–water partition coefficient (Wildman–Crippen LogP) is 2.50. The zero-order valence-electron chi connectivity index (χ0n) is 8.27. The minimum atomic E-state index is 0.764. The summed E-state index contributed by atoms with van der Waals surface area (Å²) < 4.78 is 0. The summed E-state index contributed by atoms with van der Waals surface area (Å²) in [6, 6.07) is 0. The van der Waals surface area contributed by atoms with Crippen LogP contribution in [0.5, 0.6) is 0 Å². The van der Waals surface area contributed by atoms with E-state index in [0.717, 1.165) is 31.3 Å². The Hall–Kier alpha value is -0.530. The Labute approximate surface area is 75.5 Å². The fourth-order valence-corrected chi connectivity index (χ4v) is 1.55. The molecule has 0 aromatic rings. The molecular formula is C10H20N2. The number of amidine groups is 1. The van der Waals surface area contributed by atoms with Gasteiger partial charge in [0.05, 0.1) is 5.84 Å². The van der Waals surface area contributed by atoms with Crippen molar-refractivity contribution in [1.29, 1.82) is 5.41 Å². The zero-order valence-corrected chi connectivity index (χ0v) is 8.27. The highest BCUT2D eigenvalue weighted by molar-refractivity contribution is 5.79. The van der Waals surface area contributed by atoms with E-state index in [0.29, 0.717) is 0 Å². The topological polar surface area (TPSA) is 27.1 Å². The maximum absolute atomic E-state index is 7.72. The molecule has 0 aromatic carbocycles. The van der Waals surface area contributed by atoms with Crippen LogP contribution in [0.15, 0.2) is 0 Å². The van der Waals surface area contributed by atoms with Gasteiger partial charge in [0.1, 0.15) is 0 Å². The second-order valence-corrected chi connectivity index (χ2v) is 4.07. The highest BCUT2D eigenvalue weighted by atomic mass is 15.2. The van der Waals surface area contributed by atoms with Crippen molar-refractivity contribution in [3.05, 3.63) is 0 Å². The van der Waals surface area contributed by atoms with E-state index in [1.165, 1.54) is 19.3 Å². The van der Waals surface area contributed by atoms with Gasteiger partial charge >= 0.3 is 0 Å². The first-order valence-corrected chi connectivity index (χ1v) is 5.02. The van der Waals surface area contributed by atoms with Crippen molar-refractivity contribution in [3.63, 3.8) is 0 Å². The standard InChI is InChI=1S/C10H20N2/c1-9(2)6-8-12-7-4-3-5-10(12)11/h9,11H,3-8H2,1-2H3.